The Balaban J connectivity index is 1.27. The number of aromatic nitrogens is 2. The summed E-state index contributed by atoms with van der Waals surface area (Å²) in [4.78, 5) is 33.5. The first-order valence-electron chi connectivity index (χ1n) is 13.0. The van der Waals surface area contributed by atoms with Crippen molar-refractivity contribution < 1.29 is 9.53 Å². The van der Waals surface area contributed by atoms with Crippen LogP contribution in [-0.4, -0.2) is 89.9 Å². The van der Waals surface area contributed by atoms with Crippen LogP contribution in [-0.2, 0) is 9.53 Å². The van der Waals surface area contributed by atoms with Crippen LogP contribution in [0.1, 0.15) is 12.5 Å². The molecule has 3 aromatic rings. The number of amides is 1. The van der Waals surface area contributed by atoms with Crippen molar-refractivity contribution in [2.75, 3.05) is 63.9 Å². The number of aliphatic imine (C=N–C) groups is 1. The molecule has 6 rings (SSSR count). The minimum atomic E-state index is -0.205. The molecule has 3 aliphatic heterocycles. The van der Waals surface area contributed by atoms with Crippen molar-refractivity contribution in [3.63, 3.8) is 0 Å². The summed E-state index contributed by atoms with van der Waals surface area (Å²) in [7, 11) is 0. The number of amidine groups is 1. The van der Waals surface area contributed by atoms with E-state index >= 15 is 0 Å². The zero-order chi connectivity index (χ0) is 26.1. The fraction of sp³-hybridized carbons (Fsp3) is 0.357. The Morgan fingerprint density at radius 3 is 2.58 bits per heavy atom. The lowest BCUT2D eigenvalue weighted by Crippen LogP contribution is -2.46. The number of piperazine rings is 1. The van der Waals surface area contributed by atoms with Crippen molar-refractivity contribution in [2.45, 2.75) is 6.92 Å². The van der Waals surface area contributed by atoms with Crippen LogP contribution in [0.5, 0.6) is 0 Å². The number of carbonyl (C=O) groups is 1. The van der Waals surface area contributed by atoms with E-state index in [0.29, 0.717) is 18.1 Å². The Hall–Kier alpha value is -2.98. The third kappa shape index (κ3) is 5.16. The van der Waals surface area contributed by atoms with Gasteiger partial charge in [-0.1, -0.05) is 30.7 Å². The highest BCUT2D eigenvalue weighted by Crippen LogP contribution is 2.35. The molecule has 0 saturated carbocycles. The molecule has 2 saturated heterocycles. The van der Waals surface area contributed by atoms with Crippen molar-refractivity contribution >= 4 is 57.1 Å². The van der Waals surface area contributed by atoms with Gasteiger partial charge in [0.1, 0.15) is 6.33 Å². The number of nitrogens with zero attached hydrogens (tertiary/aromatic N) is 6. The molecule has 0 atom stereocenters. The molecule has 0 aliphatic carbocycles. The molecule has 0 unspecified atom stereocenters. The minimum absolute atomic E-state index is 0.205. The van der Waals surface area contributed by atoms with Gasteiger partial charge in [0.25, 0.3) is 5.91 Å². The first kappa shape index (κ1) is 25.3. The van der Waals surface area contributed by atoms with Gasteiger partial charge in [0.05, 0.1) is 40.0 Å². The Bertz CT molecular complexity index is 1430. The number of carbonyl (C=O) groups excluding carboxylic acids is 1. The summed E-state index contributed by atoms with van der Waals surface area (Å²) < 4.78 is 5.42. The third-order valence-electron chi connectivity index (χ3n) is 7.23. The van der Waals surface area contributed by atoms with Gasteiger partial charge in [-0.3, -0.25) is 4.79 Å². The van der Waals surface area contributed by atoms with Gasteiger partial charge in [-0.15, -0.1) is 0 Å². The molecule has 10 heteroatoms. The maximum atomic E-state index is 12.6. The number of rotatable bonds is 4. The van der Waals surface area contributed by atoms with Crippen LogP contribution in [0.2, 0.25) is 5.02 Å². The number of halogens is 1. The van der Waals surface area contributed by atoms with Crippen LogP contribution in [0.3, 0.4) is 0 Å². The van der Waals surface area contributed by atoms with Crippen LogP contribution in [0, 0.1) is 0 Å². The van der Waals surface area contributed by atoms with E-state index in [4.69, 9.17) is 16.3 Å². The lowest BCUT2D eigenvalue weighted by molar-refractivity contribution is -0.113. The fourth-order valence-electron chi connectivity index (χ4n) is 5.05. The van der Waals surface area contributed by atoms with Gasteiger partial charge in [-0.25, -0.2) is 9.97 Å². The standard InChI is InChI=1S/C28H29ClN6O2S/c1-2-33-7-9-34(10-8-33)24-6-4-20(17-22(24)29)26-21-15-19(3-5-23(21)30-18-31-26)16-25-27(36)32-28(38-25)35-11-13-37-14-12-35/h3-6,15-18H,2,7-14H2,1H3/b25-16-. The first-order valence-corrected chi connectivity index (χ1v) is 14.2. The summed E-state index contributed by atoms with van der Waals surface area (Å²) >= 11 is 8.22. The number of thioether (sulfide) groups is 1. The quantitative estimate of drug-likeness (QED) is 0.444. The number of benzene rings is 2. The van der Waals surface area contributed by atoms with Gasteiger partial charge in [-0.05, 0) is 54.2 Å². The average molecular weight is 549 g/mol. The predicted octanol–water partition coefficient (Wildman–Crippen LogP) is 4.39. The molecule has 38 heavy (non-hydrogen) atoms. The Labute approximate surface area is 231 Å². The topological polar surface area (TPSA) is 74.2 Å². The summed E-state index contributed by atoms with van der Waals surface area (Å²) in [6.45, 7) is 10.1. The fourth-order valence-corrected chi connectivity index (χ4v) is 6.31. The smallest absolute Gasteiger partial charge is 0.286 e. The molecule has 3 aliphatic rings. The molecule has 1 amide bonds. The lowest BCUT2D eigenvalue weighted by atomic mass is 10.0. The Morgan fingerprint density at radius 1 is 1.00 bits per heavy atom. The van der Waals surface area contributed by atoms with Crippen LogP contribution in [0.25, 0.3) is 28.2 Å². The minimum Gasteiger partial charge on any atom is -0.378 e. The molecular formula is C28H29ClN6O2S. The molecule has 1 aromatic heterocycles. The molecule has 196 valence electrons. The summed E-state index contributed by atoms with van der Waals surface area (Å²) in [5, 5.41) is 2.38. The van der Waals surface area contributed by atoms with Crippen LogP contribution < -0.4 is 4.90 Å². The highest BCUT2D eigenvalue weighted by Gasteiger charge is 2.27. The predicted molar refractivity (Wildman–Crippen MR) is 155 cm³/mol. The van der Waals surface area contributed by atoms with Crippen molar-refractivity contribution in [3.05, 3.63) is 58.2 Å². The SMILES string of the molecule is CCN1CCN(c2ccc(-c3ncnc4ccc(/C=C5\SC(N6CCOCC6)=NC5=O)cc34)cc2Cl)CC1. The van der Waals surface area contributed by atoms with Gasteiger partial charge in [0.2, 0.25) is 0 Å². The Kier molecular flexibility index (Phi) is 7.34. The van der Waals surface area contributed by atoms with Crippen LogP contribution in [0.15, 0.2) is 52.6 Å². The summed E-state index contributed by atoms with van der Waals surface area (Å²) in [5.74, 6) is -0.205. The Morgan fingerprint density at radius 2 is 1.82 bits per heavy atom. The molecule has 2 fully saturated rings. The van der Waals surface area contributed by atoms with Gasteiger partial charge < -0.3 is 19.4 Å². The highest BCUT2D eigenvalue weighted by atomic mass is 35.5. The molecular weight excluding hydrogens is 520 g/mol. The number of fused-ring (bicyclic) bond motifs is 1. The lowest BCUT2D eigenvalue weighted by Gasteiger charge is -2.36. The maximum Gasteiger partial charge on any atom is 0.286 e. The van der Waals surface area contributed by atoms with Crippen LogP contribution in [0.4, 0.5) is 5.69 Å². The second-order valence-electron chi connectivity index (χ2n) is 9.50. The molecule has 0 radical (unpaired) electrons. The number of hydrogen-bond acceptors (Lipinski definition) is 8. The monoisotopic (exact) mass is 548 g/mol. The van der Waals surface area contributed by atoms with E-state index in [1.165, 1.54) is 11.8 Å². The van der Waals surface area contributed by atoms with E-state index in [1.807, 2.05) is 30.3 Å². The largest absolute Gasteiger partial charge is 0.378 e. The van der Waals surface area contributed by atoms with Crippen molar-refractivity contribution in [3.8, 4) is 11.3 Å². The van der Waals surface area contributed by atoms with Gasteiger partial charge in [0.15, 0.2) is 5.17 Å². The molecule has 0 spiro atoms. The van der Waals surface area contributed by atoms with Crippen molar-refractivity contribution in [2.24, 2.45) is 4.99 Å². The maximum absolute atomic E-state index is 12.6. The summed E-state index contributed by atoms with van der Waals surface area (Å²) in [6, 6.07) is 12.1. The summed E-state index contributed by atoms with van der Waals surface area (Å²) in [5.41, 5.74) is 4.55. The number of morpholine rings is 1. The van der Waals surface area contributed by atoms with E-state index in [0.717, 1.165) is 89.4 Å². The zero-order valence-electron chi connectivity index (χ0n) is 21.3. The number of likely N-dealkylation sites (N-methyl/N-ethyl adjacent to an activating group) is 1. The van der Waals surface area contributed by atoms with Crippen LogP contribution >= 0.6 is 23.4 Å². The molecule has 8 nitrogen and oxygen atoms in total. The van der Waals surface area contributed by atoms with Crippen molar-refractivity contribution in [1.29, 1.82) is 0 Å². The number of ether oxygens (including phenoxy) is 1. The average Bonchev–Trinajstić information content (AvgIpc) is 3.33. The van der Waals surface area contributed by atoms with Gasteiger partial charge >= 0.3 is 0 Å². The van der Waals surface area contributed by atoms with Gasteiger partial charge in [0, 0.05) is 50.2 Å². The molecule has 0 N–H and O–H groups in total. The summed E-state index contributed by atoms with van der Waals surface area (Å²) in [6.07, 6.45) is 3.48. The number of anilines is 1. The van der Waals surface area contributed by atoms with E-state index < -0.39 is 0 Å². The zero-order valence-corrected chi connectivity index (χ0v) is 22.8. The normalized spacial score (nSPS) is 20.0. The first-order chi connectivity index (χ1) is 18.6. The van der Waals surface area contributed by atoms with E-state index in [9.17, 15) is 4.79 Å². The third-order valence-corrected chi connectivity index (χ3v) is 8.58. The van der Waals surface area contributed by atoms with Crippen molar-refractivity contribution in [1.82, 2.24) is 19.8 Å². The second kappa shape index (κ2) is 11.0. The molecule has 4 heterocycles. The second-order valence-corrected chi connectivity index (χ2v) is 10.9. The number of hydrogen-bond donors (Lipinski definition) is 0. The van der Waals surface area contributed by atoms with E-state index in [1.54, 1.807) is 6.33 Å². The van der Waals surface area contributed by atoms with Gasteiger partial charge in [-0.2, -0.15) is 4.99 Å². The van der Waals surface area contributed by atoms with E-state index in [2.05, 4.69) is 48.7 Å². The van der Waals surface area contributed by atoms with E-state index in [-0.39, 0.29) is 5.91 Å². The molecule has 0 bridgehead atoms. The highest BCUT2D eigenvalue weighted by molar-refractivity contribution is 8.18. The molecule has 2 aromatic carbocycles.